The van der Waals surface area contributed by atoms with Crippen molar-refractivity contribution in [1.29, 1.82) is 0 Å². The minimum atomic E-state index is -1.12. The number of aliphatic imine (C=N–C) groups is 1. The number of benzene rings is 3. The molecule has 0 aromatic heterocycles. The topological polar surface area (TPSA) is 247 Å². The van der Waals surface area contributed by atoms with Gasteiger partial charge in [0.15, 0.2) is 5.96 Å². The first-order valence-corrected chi connectivity index (χ1v) is 18.4. The lowest BCUT2D eigenvalue weighted by Crippen LogP contribution is -2.58. The molecule has 5 amide bonds. The molecular formula is C39H53N9O6. The minimum absolute atomic E-state index is 0.0394. The zero-order chi connectivity index (χ0) is 39.0. The molecule has 1 saturated heterocycles. The van der Waals surface area contributed by atoms with E-state index in [2.05, 4.69) is 26.3 Å². The molecule has 3 aromatic carbocycles. The maximum Gasteiger partial charge on any atom is 0.246 e. The van der Waals surface area contributed by atoms with Crippen molar-refractivity contribution in [2.24, 2.45) is 22.2 Å². The van der Waals surface area contributed by atoms with Crippen molar-refractivity contribution in [3.05, 3.63) is 77.9 Å². The minimum Gasteiger partial charge on any atom is -0.508 e. The van der Waals surface area contributed by atoms with E-state index < -0.39 is 60.2 Å². The van der Waals surface area contributed by atoms with E-state index in [-0.39, 0.29) is 44.1 Å². The highest BCUT2D eigenvalue weighted by molar-refractivity contribution is 5.97. The van der Waals surface area contributed by atoms with Gasteiger partial charge in [0.05, 0.1) is 6.54 Å². The molecule has 0 bridgehead atoms. The molecule has 4 atom stereocenters. The van der Waals surface area contributed by atoms with Gasteiger partial charge in [-0.05, 0) is 73.2 Å². The predicted octanol–water partition coefficient (Wildman–Crippen LogP) is 0.705. The molecule has 0 aliphatic carbocycles. The van der Waals surface area contributed by atoms with Gasteiger partial charge in [0.1, 0.15) is 29.9 Å². The zero-order valence-corrected chi connectivity index (χ0v) is 30.8. The molecule has 0 radical (unpaired) electrons. The molecule has 1 aliphatic rings. The molecular weight excluding hydrogens is 690 g/mol. The molecule has 0 unspecified atom stereocenters. The maximum absolute atomic E-state index is 14.4. The third-order valence-corrected chi connectivity index (χ3v) is 9.38. The Hall–Kier alpha value is -5.70. The standard InChI is InChI=1S/C39H53N9O6/c1-25-35(51)46-31(11-8-19-43-39(41)42)37(53)47-32(23-27-12-15-28-9-4-5-10-29(28)21-27)36(52)44-24-34(50)45-33(22-26-13-16-30(49)17-14-26)38(54)48(25)20-7-3-2-6-18-40/h4-5,9-10,12-17,21,25,31-33,49H,2-3,6-8,11,18-20,22-24,40H2,1H3,(H,44,52)(H,45,50)(H,46,51)(H,47,53)(H4,41,42,43)/t25-,31-,32-,33+/m0/s1. The van der Waals surface area contributed by atoms with Gasteiger partial charge < -0.3 is 48.5 Å². The van der Waals surface area contributed by atoms with Gasteiger partial charge in [-0.1, -0.05) is 67.4 Å². The number of unbranched alkanes of at least 4 members (excludes halogenated alkanes) is 3. The summed E-state index contributed by atoms with van der Waals surface area (Å²) < 4.78 is 0. The number of fused-ring (bicyclic) bond motifs is 1. The first-order valence-electron chi connectivity index (χ1n) is 18.4. The largest absolute Gasteiger partial charge is 0.508 e. The summed E-state index contributed by atoms with van der Waals surface area (Å²) in [5.41, 5.74) is 18.1. The Morgan fingerprint density at radius 1 is 0.759 bits per heavy atom. The average molecular weight is 744 g/mol. The van der Waals surface area contributed by atoms with Crippen LogP contribution in [-0.2, 0) is 36.8 Å². The van der Waals surface area contributed by atoms with Crippen LogP contribution in [0.2, 0.25) is 0 Å². The summed E-state index contributed by atoms with van der Waals surface area (Å²) >= 11 is 0. The first-order chi connectivity index (χ1) is 25.9. The maximum atomic E-state index is 14.4. The Morgan fingerprint density at radius 2 is 1.43 bits per heavy atom. The molecule has 290 valence electrons. The van der Waals surface area contributed by atoms with Crippen molar-refractivity contribution >= 4 is 46.3 Å². The van der Waals surface area contributed by atoms with Crippen LogP contribution in [0, 0.1) is 0 Å². The number of guanidine groups is 1. The second-order valence-corrected chi connectivity index (χ2v) is 13.6. The van der Waals surface area contributed by atoms with Crippen LogP contribution < -0.4 is 38.5 Å². The summed E-state index contributed by atoms with van der Waals surface area (Å²) in [6.07, 6.45) is 3.57. The first kappa shape index (κ1) is 41.1. The van der Waals surface area contributed by atoms with Crippen LogP contribution in [-0.4, -0.2) is 95.8 Å². The number of nitrogens with two attached hydrogens (primary N) is 3. The molecule has 1 fully saturated rings. The molecule has 0 saturated carbocycles. The van der Waals surface area contributed by atoms with Crippen molar-refractivity contribution in [1.82, 2.24) is 26.2 Å². The lowest BCUT2D eigenvalue weighted by atomic mass is 10.0. The normalized spacial score (nSPS) is 20.3. The highest BCUT2D eigenvalue weighted by Crippen LogP contribution is 2.18. The Bertz CT molecular complexity index is 1780. The van der Waals surface area contributed by atoms with Gasteiger partial charge in [-0.3, -0.25) is 29.0 Å². The van der Waals surface area contributed by atoms with Crippen LogP contribution in [0.1, 0.15) is 56.6 Å². The van der Waals surface area contributed by atoms with Crippen LogP contribution in [0.4, 0.5) is 0 Å². The van der Waals surface area contributed by atoms with Crippen LogP contribution in [0.15, 0.2) is 71.7 Å². The number of nitrogens with zero attached hydrogens (tertiary/aromatic N) is 2. The average Bonchev–Trinajstić information content (AvgIpc) is 3.15. The predicted molar refractivity (Wildman–Crippen MR) is 207 cm³/mol. The number of phenolic OH excluding ortho intramolecular Hbond substituents is 1. The number of amides is 5. The zero-order valence-electron chi connectivity index (χ0n) is 30.8. The van der Waals surface area contributed by atoms with E-state index in [1.807, 2.05) is 42.5 Å². The van der Waals surface area contributed by atoms with E-state index in [0.717, 1.165) is 35.6 Å². The van der Waals surface area contributed by atoms with Gasteiger partial charge in [-0.15, -0.1) is 0 Å². The Kier molecular flexibility index (Phi) is 15.6. The van der Waals surface area contributed by atoms with E-state index in [1.165, 1.54) is 17.0 Å². The molecule has 1 heterocycles. The molecule has 4 rings (SSSR count). The van der Waals surface area contributed by atoms with E-state index >= 15 is 0 Å². The highest BCUT2D eigenvalue weighted by atomic mass is 16.3. The summed E-state index contributed by atoms with van der Waals surface area (Å²) in [5.74, 6) is -3.06. The van der Waals surface area contributed by atoms with Gasteiger partial charge >= 0.3 is 0 Å². The smallest absolute Gasteiger partial charge is 0.246 e. The fourth-order valence-electron chi connectivity index (χ4n) is 6.37. The fraction of sp³-hybridized carbons (Fsp3) is 0.436. The third kappa shape index (κ3) is 12.5. The van der Waals surface area contributed by atoms with E-state index in [1.54, 1.807) is 19.1 Å². The summed E-state index contributed by atoms with van der Waals surface area (Å²) in [4.78, 5) is 74.9. The second kappa shape index (κ2) is 20.5. The molecule has 0 spiro atoms. The monoisotopic (exact) mass is 743 g/mol. The number of aromatic hydroxyl groups is 1. The molecule has 1 aliphatic heterocycles. The van der Waals surface area contributed by atoms with E-state index in [0.29, 0.717) is 24.9 Å². The summed E-state index contributed by atoms with van der Waals surface area (Å²) in [6.45, 7) is 2.03. The number of hydrogen-bond donors (Lipinski definition) is 8. The van der Waals surface area contributed by atoms with Crippen molar-refractivity contribution in [3.63, 3.8) is 0 Å². The van der Waals surface area contributed by atoms with Gasteiger partial charge in [0.2, 0.25) is 29.5 Å². The fourth-order valence-corrected chi connectivity index (χ4v) is 6.37. The number of carbonyl (C=O) groups is 5. The van der Waals surface area contributed by atoms with Crippen molar-refractivity contribution in [2.75, 3.05) is 26.2 Å². The van der Waals surface area contributed by atoms with Gasteiger partial charge in [0.25, 0.3) is 0 Å². The number of nitrogens with one attached hydrogen (secondary N) is 4. The summed E-state index contributed by atoms with van der Waals surface area (Å²) in [6, 6.07) is 15.3. The van der Waals surface area contributed by atoms with E-state index in [4.69, 9.17) is 17.2 Å². The van der Waals surface area contributed by atoms with Crippen molar-refractivity contribution in [2.45, 2.75) is 82.5 Å². The van der Waals surface area contributed by atoms with Crippen LogP contribution in [0.3, 0.4) is 0 Å². The van der Waals surface area contributed by atoms with Crippen molar-refractivity contribution in [3.8, 4) is 5.75 Å². The van der Waals surface area contributed by atoms with Crippen molar-refractivity contribution < 1.29 is 29.1 Å². The lowest BCUT2D eigenvalue weighted by molar-refractivity contribution is -0.143. The number of hydrogen-bond acceptors (Lipinski definition) is 8. The van der Waals surface area contributed by atoms with Gasteiger partial charge in [-0.2, -0.15) is 0 Å². The molecule has 15 heteroatoms. The van der Waals surface area contributed by atoms with Gasteiger partial charge in [0, 0.05) is 25.9 Å². The van der Waals surface area contributed by atoms with Crippen LogP contribution in [0.5, 0.6) is 5.75 Å². The summed E-state index contributed by atoms with van der Waals surface area (Å²) in [7, 11) is 0. The Labute approximate surface area is 315 Å². The molecule has 11 N–H and O–H groups in total. The molecule has 15 nitrogen and oxygen atoms in total. The Morgan fingerprint density at radius 3 is 2.15 bits per heavy atom. The quantitative estimate of drug-likeness (QED) is 0.0657. The SMILES string of the molecule is C[C@H]1C(=O)N[C@@H](CCCN=C(N)N)C(=O)N[C@@H](Cc2ccc3ccccc3c2)C(=O)NCC(=O)N[C@H](Cc2ccc(O)cc2)C(=O)N1CCCCCCN. The van der Waals surface area contributed by atoms with E-state index in [9.17, 15) is 29.1 Å². The third-order valence-electron chi connectivity index (χ3n) is 9.38. The molecule has 54 heavy (non-hydrogen) atoms. The van der Waals surface area contributed by atoms with Crippen LogP contribution in [0.25, 0.3) is 10.8 Å². The lowest BCUT2D eigenvalue weighted by Gasteiger charge is -2.33. The Balaban J connectivity index is 1.69. The number of carbonyl (C=O) groups excluding carboxylic acids is 5. The number of rotatable bonds is 14. The summed E-state index contributed by atoms with van der Waals surface area (Å²) in [5, 5.41) is 22.8. The van der Waals surface area contributed by atoms with Crippen LogP contribution >= 0.6 is 0 Å². The second-order valence-electron chi connectivity index (χ2n) is 13.6. The van der Waals surface area contributed by atoms with Gasteiger partial charge in [-0.25, -0.2) is 0 Å². The number of phenols is 1. The highest BCUT2D eigenvalue weighted by Gasteiger charge is 2.35. The molecule has 3 aromatic rings.